The Morgan fingerprint density at radius 2 is 1.81 bits per heavy atom. The Morgan fingerprint density at radius 3 is 2.25 bits per heavy atom. The summed E-state index contributed by atoms with van der Waals surface area (Å²) in [5, 5.41) is 0. The molecule has 0 aliphatic carbocycles. The first-order valence-corrected chi connectivity index (χ1v) is 5.71. The normalized spacial score (nSPS) is 12.8. The van der Waals surface area contributed by atoms with Gasteiger partial charge in [-0.1, -0.05) is 17.7 Å². The van der Waals surface area contributed by atoms with E-state index in [0.29, 0.717) is 13.2 Å². The van der Waals surface area contributed by atoms with Crippen molar-refractivity contribution in [1.82, 2.24) is 5.43 Å². The van der Waals surface area contributed by atoms with Crippen LogP contribution in [0, 0.1) is 20.8 Å². The third-order valence-electron chi connectivity index (χ3n) is 2.78. The molecule has 0 fully saturated rings. The van der Waals surface area contributed by atoms with E-state index in [-0.39, 0.29) is 6.04 Å². The number of nitrogens with two attached hydrogens (primary N) is 1. The summed E-state index contributed by atoms with van der Waals surface area (Å²) in [6, 6.07) is 4.43. The van der Waals surface area contributed by atoms with Gasteiger partial charge in [0, 0.05) is 6.61 Å². The van der Waals surface area contributed by atoms with Gasteiger partial charge in [0.1, 0.15) is 0 Å². The van der Waals surface area contributed by atoms with Gasteiger partial charge in [-0.05, 0) is 44.4 Å². The molecule has 1 unspecified atom stereocenters. The van der Waals surface area contributed by atoms with Gasteiger partial charge in [0.15, 0.2) is 0 Å². The van der Waals surface area contributed by atoms with Gasteiger partial charge in [0.05, 0.1) is 12.6 Å². The molecule has 0 saturated heterocycles. The number of hydrogen-bond donors (Lipinski definition) is 2. The van der Waals surface area contributed by atoms with Gasteiger partial charge in [-0.3, -0.25) is 11.3 Å². The third-order valence-corrected chi connectivity index (χ3v) is 2.78. The fourth-order valence-electron chi connectivity index (χ4n) is 2.19. The SMILES string of the molecule is CCOCC(NN)c1c(C)cc(C)cc1C. The number of benzene rings is 1. The zero-order valence-electron chi connectivity index (χ0n) is 10.6. The van der Waals surface area contributed by atoms with E-state index in [1.807, 2.05) is 6.92 Å². The zero-order chi connectivity index (χ0) is 12.1. The highest BCUT2D eigenvalue weighted by Crippen LogP contribution is 2.23. The van der Waals surface area contributed by atoms with Crippen LogP contribution in [0.25, 0.3) is 0 Å². The van der Waals surface area contributed by atoms with Crippen LogP contribution in [0.15, 0.2) is 12.1 Å². The van der Waals surface area contributed by atoms with E-state index in [9.17, 15) is 0 Å². The first kappa shape index (κ1) is 13.2. The number of nitrogens with one attached hydrogen (secondary N) is 1. The number of hydrogen-bond acceptors (Lipinski definition) is 3. The second-order valence-electron chi connectivity index (χ2n) is 4.19. The van der Waals surface area contributed by atoms with Crippen molar-refractivity contribution in [2.24, 2.45) is 5.84 Å². The van der Waals surface area contributed by atoms with Crippen LogP contribution in [0.4, 0.5) is 0 Å². The lowest BCUT2D eigenvalue weighted by Crippen LogP contribution is -2.32. The van der Waals surface area contributed by atoms with E-state index in [1.54, 1.807) is 0 Å². The second kappa shape index (κ2) is 5.99. The monoisotopic (exact) mass is 222 g/mol. The maximum Gasteiger partial charge on any atom is 0.0699 e. The van der Waals surface area contributed by atoms with Crippen LogP contribution >= 0.6 is 0 Å². The molecule has 0 saturated carbocycles. The average molecular weight is 222 g/mol. The molecule has 0 heterocycles. The molecule has 0 aliphatic heterocycles. The van der Waals surface area contributed by atoms with Crippen molar-refractivity contribution in [2.75, 3.05) is 13.2 Å². The summed E-state index contributed by atoms with van der Waals surface area (Å²) in [7, 11) is 0. The minimum Gasteiger partial charge on any atom is -0.380 e. The van der Waals surface area contributed by atoms with Gasteiger partial charge in [0.25, 0.3) is 0 Å². The second-order valence-corrected chi connectivity index (χ2v) is 4.19. The van der Waals surface area contributed by atoms with Crippen molar-refractivity contribution in [3.8, 4) is 0 Å². The van der Waals surface area contributed by atoms with Gasteiger partial charge in [0.2, 0.25) is 0 Å². The Labute approximate surface area is 98.0 Å². The molecule has 0 amide bonds. The minimum absolute atomic E-state index is 0.0700. The summed E-state index contributed by atoms with van der Waals surface area (Å²) in [6.45, 7) is 9.65. The molecular weight excluding hydrogens is 200 g/mol. The first-order valence-electron chi connectivity index (χ1n) is 5.71. The first-order chi connectivity index (χ1) is 7.60. The molecule has 3 heteroatoms. The molecule has 3 nitrogen and oxygen atoms in total. The van der Waals surface area contributed by atoms with Crippen LogP contribution < -0.4 is 11.3 Å². The summed E-state index contributed by atoms with van der Waals surface area (Å²) < 4.78 is 5.44. The Balaban J connectivity index is 2.99. The van der Waals surface area contributed by atoms with Crippen LogP contribution in [0.2, 0.25) is 0 Å². The molecule has 0 aromatic heterocycles. The zero-order valence-corrected chi connectivity index (χ0v) is 10.6. The van der Waals surface area contributed by atoms with Crippen LogP contribution in [-0.4, -0.2) is 13.2 Å². The topological polar surface area (TPSA) is 47.3 Å². The molecule has 0 spiro atoms. The highest BCUT2D eigenvalue weighted by Gasteiger charge is 2.15. The Kier molecular flexibility index (Phi) is 4.93. The smallest absolute Gasteiger partial charge is 0.0699 e. The van der Waals surface area contributed by atoms with Crippen molar-refractivity contribution in [1.29, 1.82) is 0 Å². The quantitative estimate of drug-likeness (QED) is 0.593. The fraction of sp³-hybridized carbons (Fsp3) is 0.538. The molecule has 0 radical (unpaired) electrons. The molecule has 1 atom stereocenters. The van der Waals surface area contributed by atoms with Crippen molar-refractivity contribution in [3.05, 3.63) is 34.4 Å². The van der Waals surface area contributed by atoms with E-state index in [1.165, 1.54) is 22.3 Å². The lowest BCUT2D eigenvalue weighted by molar-refractivity contribution is 0.123. The average Bonchev–Trinajstić information content (AvgIpc) is 2.21. The summed E-state index contributed by atoms with van der Waals surface area (Å²) in [5.74, 6) is 5.59. The molecule has 1 aromatic rings. The Hall–Kier alpha value is -0.900. The van der Waals surface area contributed by atoms with Crippen LogP contribution in [0.3, 0.4) is 0 Å². The van der Waals surface area contributed by atoms with E-state index in [2.05, 4.69) is 38.3 Å². The van der Waals surface area contributed by atoms with Crippen molar-refractivity contribution in [3.63, 3.8) is 0 Å². The van der Waals surface area contributed by atoms with Gasteiger partial charge in [-0.2, -0.15) is 0 Å². The van der Waals surface area contributed by atoms with Crippen LogP contribution in [0.1, 0.15) is 35.2 Å². The van der Waals surface area contributed by atoms with Crippen molar-refractivity contribution in [2.45, 2.75) is 33.7 Å². The van der Waals surface area contributed by atoms with E-state index < -0.39 is 0 Å². The van der Waals surface area contributed by atoms with Crippen molar-refractivity contribution >= 4 is 0 Å². The predicted molar refractivity (Wildman–Crippen MR) is 67.2 cm³/mol. The molecule has 16 heavy (non-hydrogen) atoms. The predicted octanol–water partition coefficient (Wildman–Crippen LogP) is 2.15. The highest BCUT2D eigenvalue weighted by atomic mass is 16.5. The lowest BCUT2D eigenvalue weighted by atomic mass is 9.95. The molecule has 1 rings (SSSR count). The number of ether oxygens (including phenoxy) is 1. The standard InChI is InChI=1S/C13H22N2O/c1-5-16-8-12(15-14)13-10(3)6-9(2)7-11(13)4/h6-7,12,15H,5,8,14H2,1-4H3. The minimum atomic E-state index is 0.0700. The fourth-order valence-corrected chi connectivity index (χ4v) is 2.19. The molecular formula is C13H22N2O. The number of hydrazine groups is 1. The summed E-state index contributed by atoms with van der Waals surface area (Å²) >= 11 is 0. The molecule has 1 aromatic carbocycles. The van der Waals surface area contributed by atoms with E-state index >= 15 is 0 Å². The van der Waals surface area contributed by atoms with Crippen LogP contribution in [-0.2, 0) is 4.74 Å². The lowest BCUT2D eigenvalue weighted by Gasteiger charge is -2.21. The largest absolute Gasteiger partial charge is 0.380 e. The Bertz CT molecular complexity index is 327. The molecule has 3 N–H and O–H groups in total. The highest BCUT2D eigenvalue weighted by molar-refractivity contribution is 5.39. The van der Waals surface area contributed by atoms with Crippen LogP contribution in [0.5, 0.6) is 0 Å². The van der Waals surface area contributed by atoms with Gasteiger partial charge < -0.3 is 4.74 Å². The van der Waals surface area contributed by atoms with Gasteiger partial charge in [-0.25, -0.2) is 0 Å². The molecule has 0 aliphatic rings. The van der Waals surface area contributed by atoms with Gasteiger partial charge >= 0.3 is 0 Å². The summed E-state index contributed by atoms with van der Waals surface area (Å²) in [4.78, 5) is 0. The van der Waals surface area contributed by atoms with Crippen molar-refractivity contribution < 1.29 is 4.74 Å². The number of rotatable bonds is 5. The van der Waals surface area contributed by atoms with E-state index in [4.69, 9.17) is 10.6 Å². The maximum absolute atomic E-state index is 5.59. The summed E-state index contributed by atoms with van der Waals surface area (Å²) in [5.41, 5.74) is 7.89. The van der Waals surface area contributed by atoms with Gasteiger partial charge in [-0.15, -0.1) is 0 Å². The molecule has 90 valence electrons. The number of aryl methyl sites for hydroxylation is 3. The summed E-state index contributed by atoms with van der Waals surface area (Å²) in [6.07, 6.45) is 0. The molecule has 0 bridgehead atoms. The maximum atomic E-state index is 5.59. The van der Waals surface area contributed by atoms with E-state index in [0.717, 1.165) is 0 Å². The third kappa shape index (κ3) is 3.04. The Morgan fingerprint density at radius 1 is 1.25 bits per heavy atom.